The predicted molar refractivity (Wildman–Crippen MR) is 136 cm³/mol. The van der Waals surface area contributed by atoms with Crippen LogP contribution in [-0.2, 0) is 25.6 Å². The van der Waals surface area contributed by atoms with Gasteiger partial charge in [-0.05, 0) is 40.9 Å². The van der Waals surface area contributed by atoms with Gasteiger partial charge in [0.1, 0.15) is 5.82 Å². The number of aromatic nitrogens is 1. The molecule has 0 saturated heterocycles. The van der Waals surface area contributed by atoms with Crippen LogP contribution in [0.3, 0.4) is 0 Å². The van der Waals surface area contributed by atoms with Crippen molar-refractivity contribution < 1.29 is 42.6 Å². The molecule has 0 aliphatic carbocycles. The molecule has 11 nitrogen and oxygen atoms in total. The van der Waals surface area contributed by atoms with Crippen molar-refractivity contribution in [3.05, 3.63) is 70.7 Å². The Morgan fingerprint density at radius 3 is 2.56 bits per heavy atom. The first-order valence-corrected chi connectivity index (χ1v) is 12.2. The van der Waals surface area contributed by atoms with Gasteiger partial charge in [-0.2, -0.15) is 0 Å². The molecule has 39 heavy (non-hydrogen) atoms. The second-order valence-electron chi connectivity index (χ2n) is 8.24. The van der Waals surface area contributed by atoms with Crippen LogP contribution in [-0.4, -0.2) is 59.7 Å². The van der Waals surface area contributed by atoms with Gasteiger partial charge in [0.15, 0.2) is 6.10 Å². The molecule has 0 radical (unpaired) electrons. The Bertz CT molecular complexity index is 1280. The third-order valence-corrected chi connectivity index (χ3v) is 5.52. The van der Waals surface area contributed by atoms with E-state index in [0.29, 0.717) is 28.1 Å². The number of methoxy groups -OCH3 is 1. The number of ether oxygens (including phenoxy) is 3. The summed E-state index contributed by atoms with van der Waals surface area (Å²) in [5.41, 5.74) is 4.07. The topological polar surface area (TPSA) is 140 Å². The first kappa shape index (κ1) is 29.6. The van der Waals surface area contributed by atoms with Crippen LogP contribution in [0, 0.1) is 5.82 Å². The van der Waals surface area contributed by atoms with E-state index in [9.17, 15) is 23.9 Å². The number of aliphatic hydroxyl groups is 1. The lowest BCUT2D eigenvalue weighted by atomic mass is 10.0. The van der Waals surface area contributed by atoms with Gasteiger partial charge in [0.05, 0.1) is 19.7 Å². The number of benzene rings is 2. The first-order valence-electron chi connectivity index (χ1n) is 11.8. The Balaban J connectivity index is 1.71. The van der Waals surface area contributed by atoms with Crippen molar-refractivity contribution in [1.29, 1.82) is 0 Å². The zero-order chi connectivity index (χ0) is 28.4. The molecule has 1 heterocycles. The fraction of sp³-hybridized carbons (Fsp3) is 0.308. The molecule has 0 saturated carbocycles. The van der Waals surface area contributed by atoms with E-state index in [2.05, 4.69) is 10.6 Å². The molecule has 0 fully saturated rings. The predicted octanol–water partition coefficient (Wildman–Crippen LogP) is 3.49. The summed E-state index contributed by atoms with van der Waals surface area (Å²) in [5.74, 6) is -2.87. The SMILES string of the molecule is CCCC(=O)OCOC(=O)[C@H](O)CN(Cc1ccc(-c2cc(Cl)ccc2F)cc1)NC(=O)c1cc(OC)no1. The number of amides is 1. The van der Waals surface area contributed by atoms with Crippen LogP contribution in [0.25, 0.3) is 11.1 Å². The Morgan fingerprint density at radius 2 is 1.90 bits per heavy atom. The van der Waals surface area contributed by atoms with Crippen LogP contribution in [0.5, 0.6) is 5.88 Å². The van der Waals surface area contributed by atoms with E-state index in [4.69, 9.17) is 30.3 Å². The second kappa shape index (κ2) is 14.2. The summed E-state index contributed by atoms with van der Waals surface area (Å²) in [6, 6.07) is 12.2. The van der Waals surface area contributed by atoms with Crippen molar-refractivity contribution in [3.8, 4) is 17.0 Å². The Kier molecular flexibility index (Phi) is 10.8. The molecule has 0 aliphatic rings. The zero-order valence-corrected chi connectivity index (χ0v) is 21.9. The highest BCUT2D eigenvalue weighted by Crippen LogP contribution is 2.26. The van der Waals surface area contributed by atoms with E-state index in [1.54, 1.807) is 31.2 Å². The third-order valence-electron chi connectivity index (χ3n) is 5.29. The number of aliphatic hydroxyl groups excluding tert-OH is 1. The van der Waals surface area contributed by atoms with Crippen molar-refractivity contribution in [1.82, 2.24) is 15.6 Å². The van der Waals surface area contributed by atoms with Crippen LogP contribution < -0.4 is 10.2 Å². The molecule has 1 amide bonds. The lowest BCUT2D eigenvalue weighted by Gasteiger charge is -2.24. The largest absolute Gasteiger partial charge is 0.479 e. The highest BCUT2D eigenvalue weighted by atomic mass is 35.5. The van der Waals surface area contributed by atoms with Gasteiger partial charge in [-0.1, -0.05) is 42.8 Å². The molecular formula is C26H27ClFN3O8. The van der Waals surface area contributed by atoms with E-state index >= 15 is 0 Å². The fourth-order valence-corrected chi connectivity index (χ4v) is 3.52. The van der Waals surface area contributed by atoms with Crippen molar-refractivity contribution in [2.45, 2.75) is 32.4 Å². The minimum Gasteiger partial charge on any atom is -0.479 e. The highest BCUT2D eigenvalue weighted by Gasteiger charge is 2.24. The Morgan fingerprint density at radius 1 is 1.15 bits per heavy atom. The Hall–Kier alpha value is -4.00. The van der Waals surface area contributed by atoms with Gasteiger partial charge in [0, 0.05) is 23.6 Å². The molecule has 3 aromatic rings. The summed E-state index contributed by atoms with van der Waals surface area (Å²) in [5, 5.41) is 15.6. The summed E-state index contributed by atoms with van der Waals surface area (Å²) in [6.45, 7) is 0.757. The van der Waals surface area contributed by atoms with Crippen molar-refractivity contribution >= 4 is 29.4 Å². The van der Waals surface area contributed by atoms with Crippen LogP contribution in [0.1, 0.15) is 35.9 Å². The average molecular weight is 564 g/mol. The zero-order valence-electron chi connectivity index (χ0n) is 21.2. The summed E-state index contributed by atoms with van der Waals surface area (Å²) in [4.78, 5) is 36.3. The number of nitrogens with one attached hydrogen (secondary N) is 1. The minimum absolute atomic E-state index is 0.0190. The van der Waals surface area contributed by atoms with Gasteiger partial charge < -0.3 is 23.8 Å². The third kappa shape index (κ3) is 8.77. The quantitative estimate of drug-likeness (QED) is 0.180. The van der Waals surface area contributed by atoms with Crippen LogP contribution in [0.15, 0.2) is 53.1 Å². The van der Waals surface area contributed by atoms with Gasteiger partial charge in [-0.3, -0.25) is 15.0 Å². The normalized spacial score (nSPS) is 11.6. The maximum absolute atomic E-state index is 14.3. The molecule has 0 spiro atoms. The summed E-state index contributed by atoms with van der Waals surface area (Å²) < 4.78 is 33.7. The number of nitrogens with zero attached hydrogens (tertiary/aromatic N) is 2. The van der Waals surface area contributed by atoms with Crippen LogP contribution >= 0.6 is 11.6 Å². The lowest BCUT2D eigenvalue weighted by molar-refractivity contribution is -0.174. The molecular weight excluding hydrogens is 537 g/mol. The van der Waals surface area contributed by atoms with Gasteiger partial charge in [-0.25, -0.2) is 14.2 Å². The van der Waals surface area contributed by atoms with Gasteiger partial charge in [0.25, 0.3) is 5.88 Å². The van der Waals surface area contributed by atoms with E-state index in [0.717, 1.165) is 0 Å². The van der Waals surface area contributed by atoms with E-state index in [1.165, 1.54) is 36.4 Å². The monoisotopic (exact) mass is 563 g/mol. The molecule has 1 aromatic heterocycles. The summed E-state index contributed by atoms with van der Waals surface area (Å²) in [7, 11) is 1.35. The summed E-state index contributed by atoms with van der Waals surface area (Å²) in [6.07, 6.45) is -0.982. The summed E-state index contributed by atoms with van der Waals surface area (Å²) >= 11 is 5.99. The number of hydrogen-bond donors (Lipinski definition) is 2. The number of carbonyl (C=O) groups excluding carboxylic acids is 3. The number of rotatable bonds is 13. The van der Waals surface area contributed by atoms with E-state index < -0.39 is 43.1 Å². The number of esters is 2. The molecule has 0 aliphatic heterocycles. The standard InChI is InChI=1S/C26H27ClFN3O8/c1-3-4-24(33)37-15-38-26(35)21(32)14-31(29-25(34)22-12-23(36-2)30-39-22)13-16-5-7-17(8-6-16)19-11-18(27)9-10-20(19)28/h5-12,21,32H,3-4,13-15H2,1-2H3,(H,29,34)/t21-/m1/s1. The van der Waals surface area contributed by atoms with Crippen molar-refractivity contribution in [2.24, 2.45) is 0 Å². The smallest absolute Gasteiger partial charge is 0.339 e. The highest BCUT2D eigenvalue weighted by molar-refractivity contribution is 6.30. The second-order valence-corrected chi connectivity index (χ2v) is 8.68. The van der Waals surface area contributed by atoms with Crippen molar-refractivity contribution in [2.75, 3.05) is 20.4 Å². The van der Waals surface area contributed by atoms with E-state index in [-0.39, 0.29) is 24.6 Å². The number of halogens is 2. The average Bonchev–Trinajstić information content (AvgIpc) is 3.40. The molecule has 13 heteroatoms. The van der Waals surface area contributed by atoms with E-state index in [1.807, 2.05) is 0 Å². The number of hydrazine groups is 1. The minimum atomic E-state index is -1.71. The van der Waals surface area contributed by atoms with Gasteiger partial charge in [0.2, 0.25) is 12.6 Å². The van der Waals surface area contributed by atoms with Gasteiger partial charge >= 0.3 is 17.8 Å². The fourth-order valence-electron chi connectivity index (χ4n) is 3.35. The van der Waals surface area contributed by atoms with Crippen LogP contribution in [0.4, 0.5) is 4.39 Å². The Labute approximate surface area is 228 Å². The van der Waals surface area contributed by atoms with Crippen molar-refractivity contribution in [3.63, 3.8) is 0 Å². The first-order chi connectivity index (χ1) is 18.7. The maximum atomic E-state index is 14.3. The molecule has 2 N–H and O–H groups in total. The maximum Gasteiger partial charge on any atom is 0.339 e. The van der Waals surface area contributed by atoms with Crippen LogP contribution in [0.2, 0.25) is 5.02 Å². The lowest BCUT2D eigenvalue weighted by Crippen LogP contribution is -2.47. The molecule has 2 aromatic carbocycles. The molecule has 208 valence electrons. The number of hydrogen-bond acceptors (Lipinski definition) is 10. The number of carbonyl (C=O) groups is 3. The molecule has 3 rings (SSSR count). The van der Waals surface area contributed by atoms with Gasteiger partial charge in [-0.15, -0.1) is 0 Å². The molecule has 0 bridgehead atoms. The molecule has 0 unspecified atom stereocenters. The molecule has 1 atom stereocenters.